The molecule has 17 heavy (non-hydrogen) atoms. The lowest BCUT2D eigenvalue weighted by molar-refractivity contribution is -0.137. The van der Waals surface area contributed by atoms with Gasteiger partial charge in [-0.1, -0.05) is 12.1 Å². The minimum Gasteiger partial charge on any atom is -0.481 e. The Kier molecular flexibility index (Phi) is 4.25. The summed E-state index contributed by atoms with van der Waals surface area (Å²) in [7, 11) is -3.21. The number of benzene rings is 1. The molecule has 0 saturated heterocycles. The first-order chi connectivity index (χ1) is 7.80. The van der Waals surface area contributed by atoms with Gasteiger partial charge in [-0.2, -0.15) is 0 Å². The Morgan fingerprint density at radius 2 is 1.88 bits per heavy atom. The normalized spacial score (nSPS) is 13.3. The zero-order chi connectivity index (χ0) is 13.1. The molecule has 0 saturated carbocycles. The average molecular weight is 257 g/mol. The van der Waals surface area contributed by atoms with E-state index in [1.807, 2.05) is 0 Å². The number of aliphatic carboxylic acids is 1. The van der Waals surface area contributed by atoms with Gasteiger partial charge in [-0.3, -0.25) is 4.79 Å². The average Bonchev–Trinajstić information content (AvgIpc) is 2.25. The lowest BCUT2D eigenvalue weighted by Crippen LogP contribution is -2.12. The number of carboxylic acid groups (broad SMARTS) is 1. The minimum absolute atomic E-state index is 0.00497. The molecule has 3 N–H and O–H groups in total. The van der Waals surface area contributed by atoms with Crippen molar-refractivity contribution in [1.82, 2.24) is 0 Å². The highest BCUT2D eigenvalue weighted by molar-refractivity contribution is 7.90. The van der Waals surface area contributed by atoms with Gasteiger partial charge in [-0.15, -0.1) is 0 Å². The van der Waals surface area contributed by atoms with Crippen molar-refractivity contribution in [3.05, 3.63) is 29.8 Å². The first kappa shape index (κ1) is 13.7. The van der Waals surface area contributed by atoms with E-state index in [0.29, 0.717) is 6.42 Å². The Bertz CT molecular complexity index is 493. The van der Waals surface area contributed by atoms with Crippen molar-refractivity contribution in [3.8, 4) is 0 Å². The maximum absolute atomic E-state index is 11.2. The van der Waals surface area contributed by atoms with Crippen LogP contribution in [0, 0.1) is 0 Å². The molecule has 0 spiro atoms. The van der Waals surface area contributed by atoms with Gasteiger partial charge >= 0.3 is 5.97 Å². The molecule has 0 bridgehead atoms. The molecular weight excluding hydrogens is 242 g/mol. The number of nitrogens with two attached hydrogens (primary N) is 1. The van der Waals surface area contributed by atoms with Crippen molar-refractivity contribution in [2.24, 2.45) is 5.73 Å². The molecule has 5 nitrogen and oxygen atoms in total. The van der Waals surface area contributed by atoms with Crippen LogP contribution in [-0.4, -0.2) is 25.7 Å². The van der Waals surface area contributed by atoms with Crippen molar-refractivity contribution in [3.63, 3.8) is 0 Å². The van der Waals surface area contributed by atoms with Crippen molar-refractivity contribution in [1.29, 1.82) is 0 Å². The van der Waals surface area contributed by atoms with Crippen LogP contribution in [0.4, 0.5) is 0 Å². The third kappa shape index (κ3) is 4.16. The van der Waals surface area contributed by atoms with Crippen LogP contribution >= 0.6 is 0 Å². The first-order valence-electron chi connectivity index (χ1n) is 5.08. The summed E-state index contributed by atoms with van der Waals surface area (Å²) in [5, 5.41) is 8.53. The molecule has 0 aromatic heterocycles. The Hall–Kier alpha value is -1.40. The maximum Gasteiger partial charge on any atom is 0.303 e. The van der Waals surface area contributed by atoms with E-state index in [4.69, 9.17) is 10.8 Å². The van der Waals surface area contributed by atoms with Crippen LogP contribution in [0.5, 0.6) is 0 Å². The van der Waals surface area contributed by atoms with Gasteiger partial charge in [0.25, 0.3) is 0 Å². The Morgan fingerprint density at radius 3 is 2.29 bits per heavy atom. The second kappa shape index (κ2) is 5.29. The topological polar surface area (TPSA) is 97.5 Å². The van der Waals surface area contributed by atoms with E-state index in [0.717, 1.165) is 11.8 Å². The number of rotatable bonds is 5. The van der Waals surface area contributed by atoms with Gasteiger partial charge in [0.2, 0.25) is 0 Å². The molecule has 1 aromatic rings. The van der Waals surface area contributed by atoms with Crippen LogP contribution < -0.4 is 5.73 Å². The Balaban J connectivity index is 2.77. The molecule has 0 heterocycles. The first-order valence-corrected chi connectivity index (χ1v) is 6.97. The molecule has 1 rings (SSSR count). The predicted octanol–water partition coefficient (Wildman–Crippen LogP) is 0.955. The SMILES string of the molecule is CS(=O)(=O)c1ccc([C@@H](N)CCC(=O)O)cc1. The molecule has 0 amide bonds. The van der Waals surface area contributed by atoms with Crippen LogP contribution in [0.1, 0.15) is 24.4 Å². The molecule has 0 radical (unpaired) electrons. The Morgan fingerprint density at radius 1 is 1.35 bits per heavy atom. The van der Waals surface area contributed by atoms with E-state index >= 15 is 0 Å². The van der Waals surface area contributed by atoms with Crippen molar-refractivity contribution >= 4 is 15.8 Å². The molecule has 0 unspecified atom stereocenters. The number of sulfone groups is 1. The quantitative estimate of drug-likeness (QED) is 0.818. The predicted molar refractivity (Wildman–Crippen MR) is 63.4 cm³/mol. The maximum atomic E-state index is 11.2. The lowest BCUT2D eigenvalue weighted by atomic mass is 10.0. The van der Waals surface area contributed by atoms with Gasteiger partial charge in [0.1, 0.15) is 0 Å². The van der Waals surface area contributed by atoms with E-state index in [1.165, 1.54) is 12.1 Å². The van der Waals surface area contributed by atoms with Gasteiger partial charge < -0.3 is 10.8 Å². The molecule has 1 atom stereocenters. The van der Waals surface area contributed by atoms with Crippen molar-refractivity contribution in [2.75, 3.05) is 6.26 Å². The van der Waals surface area contributed by atoms with E-state index < -0.39 is 15.8 Å². The minimum atomic E-state index is -3.21. The largest absolute Gasteiger partial charge is 0.481 e. The van der Waals surface area contributed by atoms with E-state index in [1.54, 1.807) is 12.1 Å². The van der Waals surface area contributed by atoms with Crippen LogP contribution in [0.25, 0.3) is 0 Å². The monoisotopic (exact) mass is 257 g/mol. The van der Waals surface area contributed by atoms with Gasteiger partial charge in [-0.05, 0) is 24.1 Å². The van der Waals surface area contributed by atoms with Crippen LogP contribution in [0.15, 0.2) is 29.2 Å². The fraction of sp³-hybridized carbons (Fsp3) is 0.364. The van der Waals surface area contributed by atoms with Gasteiger partial charge in [-0.25, -0.2) is 8.42 Å². The number of carbonyl (C=O) groups is 1. The summed E-state index contributed by atoms with van der Waals surface area (Å²) < 4.78 is 22.4. The van der Waals surface area contributed by atoms with Crippen LogP contribution in [-0.2, 0) is 14.6 Å². The Labute approximate surface area is 100 Å². The summed E-state index contributed by atoms with van der Waals surface area (Å²) in [4.78, 5) is 10.6. The summed E-state index contributed by atoms with van der Waals surface area (Å²) >= 11 is 0. The fourth-order valence-corrected chi connectivity index (χ4v) is 2.04. The molecule has 0 aliphatic heterocycles. The van der Waals surface area contributed by atoms with E-state index in [-0.39, 0.29) is 17.4 Å². The third-order valence-corrected chi connectivity index (χ3v) is 3.53. The molecule has 0 aliphatic rings. The van der Waals surface area contributed by atoms with Gasteiger partial charge in [0, 0.05) is 18.7 Å². The number of carboxylic acids is 1. The van der Waals surface area contributed by atoms with E-state index in [2.05, 4.69) is 0 Å². The smallest absolute Gasteiger partial charge is 0.303 e. The summed E-state index contributed by atoms with van der Waals surface area (Å²) in [6.45, 7) is 0. The zero-order valence-electron chi connectivity index (χ0n) is 9.46. The highest BCUT2D eigenvalue weighted by Gasteiger charge is 2.11. The summed E-state index contributed by atoms with van der Waals surface area (Å²) in [6.07, 6.45) is 1.45. The van der Waals surface area contributed by atoms with Gasteiger partial charge in [0.15, 0.2) is 9.84 Å². The lowest BCUT2D eigenvalue weighted by Gasteiger charge is -2.10. The molecule has 6 heteroatoms. The standard InChI is InChI=1S/C11H15NO4S/c1-17(15,16)9-4-2-8(3-5-9)10(12)6-7-11(13)14/h2-5,10H,6-7,12H2,1H3,(H,13,14)/t10-/m0/s1. The molecule has 94 valence electrons. The van der Waals surface area contributed by atoms with Crippen molar-refractivity contribution < 1.29 is 18.3 Å². The molecule has 1 aromatic carbocycles. The summed E-state index contributed by atoms with van der Waals surface area (Å²) in [5.41, 5.74) is 6.52. The highest BCUT2D eigenvalue weighted by Crippen LogP contribution is 2.18. The molecule has 0 fully saturated rings. The van der Waals surface area contributed by atoms with Crippen molar-refractivity contribution in [2.45, 2.75) is 23.8 Å². The second-order valence-electron chi connectivity index (χ2n) is 3.88. The third-order valence-electron chi connectivity index (χ3n) is 2.41. The second-order valence-corrected chi connectivity index (χ2v) is 5.90. The van der Waals surface area contributed by atoms with Crippen LogP contribution in [0.3, 0.4) is 0 Å². The van der Waals surface area contributed by atoms with Crippen LogP contribution in [0.2, 0.25) is 0 Å². The molecule has 0 aliphatic carbocycles. The number of hydrogen-bond acceptors (Lipinski definition) is 4. The van der Waals surface area contributed by atoms with Gasteiger partial charge in [0.05, 0.1) is 4.90 Å². The van der Waals surface area contributed by atoms with E-state index in [9.17, 15) is 13.2 Å². The summed E-state index contributed by atoms with van der Waals surface area (Å²) in [5.74, 6) is -0.895. The number of hydrogen-bond donors (Lipinski definition) is 2. The highest BCUT2D eigenvalue weighted by atomic mass is 32.2. The molecular formula is C11H15NO4S. The zero-order valence-corrected chi connectivity index (χ0v) is 10.3. The fourth-order valence-electron chi connectivity index (χ4n) is 1.41. The summed E-state index contributed by atoms with van der Waals surface area (Å²) in [6, 6.07) is 5.79.